The maximum absolute atomic E-state index is 5.93. The van der Waals surface area contributed by atoms with Gasteiger partial charge >= 0.3 is 0 Å². The topological polar surface area (TPSA) is 72.5 Å². The molecule has 5 nitrogen and oxygen atoms in total. The Hall–Kier alpha value is -2.61. The number of nitrogens with two attached hydrogens (primary N) is 1. The summed E-state index contributed by atoms with van der Waals surface area (Å²) in [5.41, 5.74) is 7.75. The van der Waals surface area contributed by atoms with Gasteiger partial charge in [-0.15, -0.1) is 24.0 Å². The van der Waals surface area contributed by atoms with Crippen molar-refractivity contribution in [3.8, 4) is 11.5 Å². The molecule has 0 aliphatic carbocycles. The van der Waals surface area contributed by atoms with Crippen LogP contribution in [0, 0.1) is 0 Å². The van der Waals surface area contributed by atoms with Crippen LogP contribution < -0.4 is 15.8 Å². The third-order valence-corrected chi connectivity index (χ3v) is 3.24. The molecule has 0 saturated carbocycles. The molecule has 1 aromatic heterocycles. The molecule has 0 spiro atoms. The van der Waals surface area contributed by atoms with E-state index < -0.39 is 0 Å². The van der Waals surface area contributed by atoms with Gasteiger partial charge < -0.3 is 15.8 Å². The lowest BCUT2D eigenvalue weighted by atomic mass is 10.3. The third-order valence-electron chi connectivity index (χ3n) is 3.24. The molecule has 0 unspecified atom stereocenters. The van der Waals surface area contributed by atoms with Crippen molar-refractivity contribution in [2.45, 2.75) is 6.54 Å². The number of aromatic nitrogens is 1. The Labute approximate surface area is 164 Å². The predicted molar refractivity (Wildman–Crippen MR) is 112 cm³/mol. The highest BCUT2D eigenvalue weighted by Crippen LogP contribution is 2.23. The Morgan fingerprint density at radius 3 is 2.56 bits per heavy atom. The summed E-state index contributed by atoms with van der Waals surface area (Å²) in [5.74, 6) is 1.86. The minimum Gasteiger partial charge on any atom is -0.457 e. The van der Waals surface area contributed by atoms with E-state index >= 15 is 0 Å². The summed E-state index contributed by atoms with van der Waals surface area (Å²) in [6.07, 6.45) is 3.50. The Morgan fingerprint density at radius 2 is 1.80 bits per heavy atom. The molecule has 3 N–H and O–H groups in total. The van der Waals surface area contributed by atoms with Crippen molar-refractivity contribution >= 4 is 35.6 Å². The number of nitrogens with one attached hydrogen (secondary N) is 1. The van der Waals surface area contributed by atoms with Crippen LogP contribution in [0.1, 0.15) is 5.56 Å². The standard InChI is InChI=1S/C19H18N4O.HI/c20-19(22-14-15-6-5-11-21-13-15)23-16-7-4-10-18(12-16)24-17-8-2-1-3-9-17;/h1-13H,14H2,(H3,20,22,23);1H. The molecule has 0 saturated heterocycles. The van der Waals surface area contributed by atoms with Crippen molar-refractivity contribution in [3.63, 3.8) is 0 Å². The van der Waals surface area contributed by atoms with Crippen LogP contribution in [-0.4, -0.2) is 10.9 Å². The normalized spacial score (nSPS) is 10.6. The van der Waals surface area contributed by atoms with Gasteiger partial charge in [-0.1, -0.05) is 30.3 Å². The molecule has 0 fully saturated rings. The largest absolute Gasteiger partial charge is 0.457 e. The highest BCUT2D eigenvalue weighted by molar-refractivity contribution is 14.0. The smallest absolute Gasteiger partial charge is 0.193 e. The van der Waals surface area contributed by atoms with Crippen LogP contribution in [0.15, 0.2) is 84.1 Å². The summed E-state index contributed by atoms with van der Waals surface area (Å²) in [6.45, 7) is 0.479. The number of rotatable bonds is 5. The second-order valence-corrected chi connectivity index (χ2v) is 5.13. The third kappa shape index (κ3) is 6.07. The zero-order valence-corrected chi connectivity index (χ0v) is 15.8. The number of para-hydroxylation sites is 1. The molecular weight excluding hydrogens is 427 g/mol. The molecule has 0 amide bonds. The lowest BCUT2D eigenvalue weighted by Crippen LogP contribution is -2.22. The molecule has 0 bridgehead atoms. The van der Waals surface area contributed by atoms with Gasteiger partial charge in [-0.25, -0.2) is 4.99 Å². The quantitative estimate of drug-likeness (QED) is 0.346. The summed E-state index contributed by atoms with van der Waals surface area (Å²) in [5, 5.41) is 3.07. The summed E-state index contributed by atoms with van der Waals surface area (Å²) in [4.78, 5) is 8.36. The number of halogens is 1. The van der Waals surface area contributed by atoms with Gasteiger partial charge in [0.2, 0.25) is 0 Å². The van der Waals surface area contributed by atoms with Crippen LogP contribution in [0.3, 0.4) is 0 Å². The van der Waals surface area contributed by atoms with Gasteiger partial charge in [-0.05, 0) is 35.9 Å². The lowest BCUT2D eigenvalue weighted by molar-refractivity contribution is 0.483. The van der Waals surface area contributed by atoms with Gasteiger partial charge in [-0.2, -0.15) is 0 Å². The predicted octanol–water partition coefficient (Wildman–Crippen LogP) is 4.42. The number of anilines is 1. The van der Waals surface area contributed by atoms with E-state index in [9.17, 15) is 0 Å². The van der Waals surface area contributed by atoms with Crippen molar-refractivity contribution in [1.82, 2.24) is 4.98 Å². The summed E-state index contributed by atoms with van der Waals surface area (Å²) < 4.78 is 5.80. The Balaban J connectivity index is 0.00000225. The average molecular weight is 446 g/mol. The van der Waals surface area contributed by atoms with Gasteiger partial charge in [0, 0.05) is 24.1 Å². The summed E-state index contributed by atoms with van der Waals surface area (Å²) in [6, 6.07) is 21.0. The van der Waals surface area contributed by atoms with E-state index in [0.717, 1.165) is 22.7 Å². The van der Waals surface area contributed by atoms with E-state index in [2.05, 4.69) is 15.3 Å². The van der Waals surface area contributed by atoms with E-state index in [0.29, 0.717) is 12.5 Å². The molecule has 2 aromatic carbocycles. The second-order valence-electron chi connectivity index (χ2n) is 5.13. The van der Waals surface area contributed by atoms with Crippen molar-refractivity contribution in [3.05, 3.63) is 84.7 Å². The molecule has 0 aliphatic rings. The van der Waals surface area contributed by atoms with Crippen molar-refractivity contribution < 1.29 is 4.74 Å². The number of pyridine rings is 1. The van der Waals surface area contributed by atoms with E-state index in [1.54, 1.807) is 12.4 Å². The van der Waals surface area contributed by atoms with E-state index in [4.69, 9.17) is 10.5 Å². The van der Waals surface area contributed by atoms with Crippen LogP contribution in [-0.2, 0) is 6.54 Å². The van der Waals surface area contributed by atoms with Gasteiger partial charge in [-0.3, -0.25) is 4.98 Å². The number of guanidine groups is 1. The molecule has 25 heavy (non-hydrogen) atoms. The SMILES string of the molecule is I.NC(=NCc1cccnc1)Nc1cccc(Oc2ccccc2)c1. The van der Waals surface area contributed by atoms with Crippen molar-refractivity contribution in [2.24, 2.45) is 10.7 Å². The first-order chi connectivity index (χ1) is 11.8. The fourth-order valence-electron chi connectivity index (χ4n) is 2.12. The Morgan fingerprint density at radius 1 is 1.00 bits per heavy atom. The minimum absolute atomic E-state index is 0. The highest BCUT2D eigenvalue weighted by atomic mass is 127. The first kappa shape index (κ1) is 18.7. The number of nitrogens with zero attached hydrogens (tertiary/aromatic N) is 2. The van der Waals surface area contributed by atoms with Crippen LogP contribution in [0.2, 0.25) is 0 Å². The maximum atomic E-state index is 5.93. The van der Waals surface area contributed by atoms with Crippen molar-refractivity contribution in [2.75, 3.05) is 5.32 Å². The number of hydrogen-bond acceptors (Lipinski definition) is 3. The summed E-state index contributed by atoms with van der Waals surface area (Å²) >= 11 is 0. The molecule has 0 aliphatic heterocycles. The molecule has 128 valence electrons. The van der Waals surface area contributed by atoms with Gasteiger partial charge in [0.15, 0.2) is 5.96 Å². The zero-order valence-electron chi connectivity index (χ0n) is 13.5. The number of ether oxygens (including phenoxy) is 1. The van der Waals surface area contributed by atoms with Gasteiger partial charge in [0.25, 0.3) is 0 Å². The van der Waals surface area contributed by atoms with E-state index in [-0.39, 0.29) is 24.0 Å². The van der Waals surface area contributed by atoms with Crippen LogP contribution in [0.5, 0.6) is 11.5 Å². The van der Waals surface area contributed by atoms with E-state index in [1.165, 1.54) is 0 Å². The number of aliphatic imine (C=N–C) groups is 1. The van der Waals surface area contributed by atoms with Crippen LogP contribution in [0.25, 0.3) is 0 Å². The molecule has 3 aromatic rings. The second kappa shape index (κ2) is 9.63. The van der Waals surface area contributed by atoms with Crippen LogP contribution >= 0.6 is 24.0 Å². The van der Waals surface area contributed by atoms with Gasteiger partial charge in [0.05, 0.1) is 6.54 Å². The molecule has 0 radical (unpaired) electrons. The number of benzene rings is 2. The Kier molecular flexibility index (Phi) is 7.21. The van der Waals surface area contributed by atoms with Gasteiger partial charge in [0.1, 0.15) is 11.5 Å². The molecular formula is C19H19IN4O. The number of hydrogen-bond donors (Lipinski definition) is 2. The minimum atomic E-state index is 0. The average Bonchev–Trinajstić information content (AvgIpc) is 2.62. The highest BCUT2D eigenvalue weighted by Gasteiger charge is 2.00. The Bertz CT molecular complexity index is 810. The monoisotopic (exact) mass is 446 g/mol. The summed E-state index contributed by atoms with van der Waals surface area (Å²) in [7, 11) is 0. The molecule has 0 atom stereocenters. The first-order valence-electron chi connectivity index (χ1n) is 7.58. The van der Waals surface area contributed by atoms with E-state index in [1.807, 2.05) is 66.7 Å². The fraction of sp³-hybridized carbons (Fsp3) is 0.0526. The lowest BCUT2D eigenvalue weighted by Gasteiger charge is -2.09. The molecule has 3 rings (SSSR count). The fourth-order valence-corrected chi connectivity index (χ4v) is 2.12. The first-order valence-corrected chi connectivity index (χ1v) is 7.58. The maximum Gasteiger partial charge on any atom is 0.193 e. The zero-order chi connectivity index (χ0) is 16.6. The van der Waals surface area contributed by atoms with Crippen molar-refractivity contribution in [1.29, 1.82) is 0 Å². The van der Waals surface area contributed by atoms with Crippen LogP contribution in [0.4, 0.5) is 5.69 Å². The molecule has 6 heteroatoms. The molecule has 1 heterocycles.